The first-order chi connectivity index (χ1) is 15.1. The third-order valence-corrected chi connectivity index (χ3v) is 7.23. The second-order valence-corrected chi connectivity index (χ2v) is 11.6. The zero-order chi connectivity index (χ0) is 24.0. The molecule has 1 aliphatic rings. The summed E-state index contributed by atoms with van der Waals surface area (Å²) in [5.41, 5.74) is 0.773. The minimum Gasteiger partial charge on any atom is -0.465 e. The molecule has 188 valence electrons. The first kappa shape index (κ1) is 29.0. The van der Waals surface area contributed by atoms with Crippen molar-refractivity contribution < 1.29 is 19.1 Å². The van der Waals surface area contributed by atoms with Crippen molar-refractivity contribution in [2.24, 2.45) is 22.7 Å². The summed E-state index contributed by atoms with van der Waals surface area (Å²) in [4.78, 5) is 24.7. The molecule has 0 aromatic carbocycles. The minimum atomic E-state index is -0.0701. The number of hydrogen-bond acceptors (Lipinski definition) is 4. The number of esters is 2. The topological polar surface area (TPSA) is 52.6 Å². The van der Waals surface area contributed by atoms with E-state index in [-0.39, 0.29) is 23.8 Å². The van der Waals surface area contributed by atoms with Gasteiger partial charge in [-0.25, -0.2) is 0 Å². The average Bonchev–Trinajstić information content (AvgIpc) is 2.72. The van der Waals surface area contributed by atoms with Crippen molar-refractivity contribution in [3.05, 3.63) is 0 Å². The predicted molar refractivity (Wildman–Crippen MR) is 132 cm³/mol. The van der Waals surface area contributed by atoms with Gasteiger partial charge in [-0.05, 0) is 87.9 Å². The highest BCUT2D eigenvalue weighted by atomic mass is 16.5. The van der Waals surface area contributed by atoms with E-state index in [1.807, 2.05) is 0 Å². The molecule has 0 unspecified atom stereocenters. The van der Waals surface area contributed by atoms with E-state index in [2.05, 4.69) is 41.5 Å². The lowest BCUT2D eigenvalue weighted by atomic mass is 9.82. The molecule has 1 saturated carbocycles. The van der Waals surface area contributed by atoms with Gasteiger partial charge in [-0.2, -0.15) is 0 Å². The molecule has 4 heteroatoms. The number of carbonyl (C=O) groups excluding carboxylic acids is 2. The van der Waals surface area contributed by atoms with Crippen LogP contribution in [0.3, 0.4) is 0 Å². The van der Waals surface area contributed by atoms with Crippen LogP contribution in [0.15, 0.2) is 0 Å². The van der Waals surface area contributed by atoms with Crippen molar-refractivity contribution in [3.63, 3.8) is 0 Å². The van der Waals surface area contributed by atoms with E-state index in [4.69, 9.17) is 9.47 Å². The maximum Gasteiger partial charge on any atom is 0.308 e. The number of rotatable bonds is 16. The smallest absolute Gasteiger partial charge is 0.308 e. The number of unbranched alkanes of at least 4 members (excludes halogenated alkanes) is 2. The Bertz CT molecular complexity index is 482. The molecule has 0 aliphatic heterocycles. The van der Waals surface area contributed by atoms with Gasteiger partial charge in [0.25, 0.3) is 0 Å². The summed E-state index contributed by atoms with van der Waals surface area (Å²) >= 11 is 0. The zero-order valence-electron chi connectivity index (χ0n) is 22.1. The predicted octanol–water partition coefficient (Wildman–Crippen LogP) is 7.87. The fraction of sp³-hybridized carbons (Fsp3) is 0.929. The van der Waals surface area contributed by atoms with Crippen molar-refractivity contribution >= 4 is 11.9 Å². The van der Waals surface area contributed by atoms with E-state index in [1.165, 1.54) is 38.5 Å². The molecule has 32 heavy (non-hydrogen) atoms. The van der Waals surface area contributed by atoms with Gasteiger partial charge in [0, 0.05) is 0 Å². The van der Waals surface area contributed by atoms with Crippen LogP contribution in [0.25, 0.3) is 0 Å². The maximum absolute atomic E-state index is 12.4. The van der Waals surface area contributed by atoms with Crippen molar-refractivity contribution in [3.8, 4) is 0 Å². The van der Waals surface area contributed by atoms with Crippen molar-refractivity contribution in [2.75, 3.05) is 13.2 Å². The molecule has 4 nitrogen and oxygen atoms in total. The highest BCUT2D eigenvalue weighted by Crippen LogP contribution is 2.32. The van der Waals surface area contributed by atoms with Crippen LogP contribution in [0.4, 0.5) is 0 Å². The number of hydrogen-bond donors (Lipinski definition) is 0. The fourth-order valence-electron chi connectivity index (χ4n) is 5.16. The summed E-state index contributed by atoms with van der Waals surface area (Å²) in [5, 5.41) is 0. The molecule has 0 heterocycles. The van der Waals surface area contributed by atoms with Crippen LogP contribution >= 0.6 is 0 Å². The van der Waals surface area contributed by atoms with Crippen LogP contribution in [0.2, 0.25) is 0 Å². The number of carbonyl (C=O) groups is 2. The second kappa shape index (κ2) is 15.0. The van der Waals surface area contributed by atoms with Crippen molar-refractivity contribution in [2.45, 2.75) is 131 Å². The molecule has 0 bridgehead atoms. The molecule has 0 atom stereocenters. The summed E-state index contributed by atoms with van der Waals surface area (Å²) in [6, 6.07) is 0. The largest absolute Gasteiger partial charge is 0.465 e. The van der Waals surface area contributed by atoms with Gasteiger partial charge in [-0.3, -0.25) is 9.59 Å². The van der Waals surface area contributed by atoms with Crippen LogP contribution in [-0.4, -0.2) is 25.2 Å². The zero-order valence-corrected chi connectivity index (χ0v) is 22.1. The van der Waals surface area contributed by atoms with Crippen molar-refractivity contribution in [1.82, 2.24) is 0 Å². The Balaban J connectivity index is 2.14. The lowest BCUT2D eigenvalue weighted by Gasteiger charge is -2.26. The lowest BCUT2D eigenvalue weighted by molar-refractivity contribution is -0.155. The molecule has 0 spiro atoms. The van der Waals surface area contributed by atoms with Gasteiger partial charge < -0.3 is 9.47 Å². The Morgan fingerprint density at radius 3 is 1.28 bits per heavy atom. The highest BCUT2D eigenvalue weighted by Gasteiger charge is 2.31. The molecule has 0 saturated heterocycles. The highest BCUT2D eigenvalue weighted by molar-refractivity contribution is 5.75. The maximum atomic E-state index is 12.4. The number of ether oxygens (including phenoxy) is 2. The molecule has 1 rings (SSSR count). The lowest BCUT2D eigenvalue weighted by Crippen LogP contribution is -2.28. The SMILES string of the molecule is CCCC(C)(C)CCCCOC(=O)C1CCC(C(=O)OCCCCC(C)(C)CCC)CC1. The monoisotopic (exact) mass is 452 g/mol. The Morgan fingerprint density at radius 1 is 0.625 bits per heavy atom. The third kappa shape index (κ3) is 12.3. The summed E-state index contributed by atoms with van der Waals surface area (Å²) < 4.78 is 11.1. The van der Waals surface area contributed by atoms with Gasteiger partial charge in [0.1, 0.15) is 0 Å². The first-order valence-corrected chi connectivity index (χ1v) is 13.4. The molecule has 0 N–H and O–H groups in total. The Morgan fingerprint density at radius 2 is 0.969 bits per heavy atom. The minimum absolute atomic E-state index is 0.0450. The third-order valence-electron chi connectivity index (χ3n) is 7.23. The normalized spacial score (nSPS) is 19.6. The Kier molecular flexibility index (Phi) is 13.5. The first-order valence-electron chi connectivity index (χ1n) is 13.4. The molecule has 1 fully saturated rings. The van der Waals surface area contributed by atoms with Gasteiger partial charge in [-0.15, -0.1) is 0 Å². The van der Waals surface area contributed by atoms with Gasteiger partial charge >= 0.3 is 11.9 Å². The molecular weight excluding hydrogens is 400 g/mol. The molecule has 1 aliphatic carbocycles. The van der Waals surface area contributed by atoms with E-state index in [9.17, 15) is 9.59 Å². The molecule has 0 radical (unpaired) electrons. The molecule has 0 amide bonds. The van der Waals surface area contributed by atoms with Crippen molar-refractivity contribution in [1.29, 1.82) is 0 Å². The Labute approximate surface area is 198 Å². The van der Waals surface area contributed by atoms with Gasteiger partial charge in [0.2, 0.25) is 0 Å². The average molecular weight is 453 g/mol. The van der Waals surface area contributed by atoms with E-state index >= 15 is 0 Å². The van der Waals surface area contributed by atoms with Gasteiger partial charge in [0.05, 0.1) is 25.0 Å². The van der Waals surface area contributed by atoms with Gasteiger partial charge in [-0.1, -0.05) is 54.4 Å². The van der Waals surface area contributed by atoms with Crippen LogP contribution in [0.1, 0.15) is 131 Å². The van der Waals surface area contributed by atoms with Crippen LogP contribution in [0, 0.1) is 22.7 Å². The fourth-order valence-corrected chi connectivity index (χ4v) is 5.16. The summed E-state index contributed by atoms with van der Waals surface area (Å²) in [6.45, 7) is 14.8. The summed E-state index contributed by atoms with van der Waals surface area (Å²) in [6.07, 6.45) is 14.4. The quantitative estimate of drug-likeness (QED) is 0.176. The summed E-state index contributed by atoms with van der Waals surface area (Å²) in [5.74, 6) is -0.230. The second-order valence-electron chi connectivity index (χ2n) is 11.6. The van der Waals surface area contributed by atoms with E-state index < -0.39 is 0 Å². The van der Waals surface area contributed by atoms with E-state index in [0.29, 0.717) is 24.0 Å². The van der Waals surface area contributed by atoms with Crippen LogP contribution in [-0.2, 0) is 19.1 Å². The van der Waals surface area contributed by atoms with E-state index in [0.717, 1.165) is 51.4 Å². The molecule has 0 aromatic heterocycles. The molecular formula is C28H52O4. The van der Waals surface area contributed by atoms with Crippen LogP contribution in [0.5, 0.6) is 0 Å². The summed E-state index contributed by atoms with van der Waals surface area (Å²) in [7, 11) is 0. The van der Waals surface area contributed by atoms with Crippen LogP contribution < -0.4 is 0 Å². The van der Waals surface area contributed by atoms with Gasteiger partial charge in [0.15, 0.2) is 0 Å². The molecule has 0 aromatic rings. The Hall–Kier alpha value is -1.06. The standard InChI is InChI=1S/C28H52O4/c1-7-17-27(3,4)19-9-11-21-31-25(29)23-13-15-24(16-14-23)26(30)32-22-12-10-20-28(5,6)18-8-2/h23-24H,7-22H2,1-6H3. The van der Waals surface area contributed by atoms with E-state index in [1.54, 1.807) is 0 Å².